The molecule has 154 valence electrons. The number of nitrogens with one attached hydrogen (secondary N) is 1. The number of esters is 2. The van der Waals surface area contributed by atoms with Crippen LogP contribution in [0, 0.1) is 13.8 Å². The van der Waals surface area contributed by atoms with Gasteiger partial charge in [-0.1, -0.05) is 0 Å². The van der Waals surface area contributed by atoms with Crippen molar-refractivity contribution in [3.8, 4) is 0 Å². The van der Waals surface area contributed by atoms with Crippen LogP contribution >= 0.6 is 0 Å². The van der Waals surface area contributed by atoms with Crippen LogP contribution in [0.5, 0.6) is 0 Å². The molecule has 0 atom stereocenters. The van der Waals surface area contributed by atoms with Crippen molar-refractivity contribution in [2.45, 2.75) is 33.6 Å². The first kappa shape index (κ1) is 20.5. The van der Waals surface area contributed by atoms with Gasteiger partial charge in [0, 0.05) is 24.3 Å². The maximum atomic E-state index is 12.6. The molecule has 0 radical (unpaired) electrons. The van der Waals surface area contributed by atoms with E-state index in [1.54, 1.807) is 32.9 Å². The third-order valence-corrected chi connectivity index (χ3v) is 4.82. The molecule has 0 unspecified atom stereocenters. The van der Waals surface area contributed by atoms with Crippen molar-refractivity contribution < 1.29 is 23.9 Å². The molecular formula is C20H24N4O5. The van der Waals surface area contributed by atoms with E-state index in [1.165, 1.54) is 0 Å². The van der Waals surface area contributed by atoms with E-state index in [0.717, 1.165) is 31.7 Å². The highest BCUT2D eigenvalue weighted by molar-refractivity contribution is 6.04. The van der Waals surface area contributed by atoms with E-state index in [0.29, 0.717) is 16.8 Å². The highest BCUT2D eigenvalue weighted by Gasteiger charge is 2.24. The zero-order chi connectivity index (χ0) is 21.0. The van der Waals surface area contributed by atoms with E-state index in [-0.39, 0.29) is 18.0 Å². The lowest BCUT2D eigenvalue weighted by Crippen LogP contribution is -2.20. The smallest absolute Gasteiger partial charge is 0.359 e. The number of hydrogen-bond acceptors (Lipinski definition) is 8. The second kappa shape index (κ2) is 8.85. The average molecular weight is 400 g/mol. The molecule has 1 saturated heterocycles. The van der Waals surface area contributed by atoms with Gasteiger partial charge in [0.1, 0.15) is 5.69 Å². The number of anilines is 1. The maximum absolute atomic E-state index is 12.6. The molecule has 0 bridgehead atoms. The van der Waals surface area contributed by atoms with Crippen LogP contribution in [0.4, 0.5) is 5.82 Å². The lowest BCUT2D eigenvalue weighted by atomic mass is 10.1. The normalized spacial score (nSPS) is 13.4. The fourth-order valence-corrected chi connectivity index (χ4v) is 3.40. The van der Waals surface area contributed by atoms with Gasteiger partial charge < -0.3 is 19.4 Å². The van der Waals surface area contributed by atoms with Crippen LogP contribution in [0.25, 0.3) is 0 Å². The summed E-state index contributed by atoms with van der Waals surface area (Å²) in [6.45, 7) is 6.65. The number of ketones is 1. The van der Waals surface area contributed by atoms with Gasteiger partial charge in [0.25, 0.3) is 0 Å². The Morgan fingerprint density at radius 2 is 1.79 bits per heavy atom. The second-order valence-electron chi connectivity index (χ2n) is 6.82. The Balaban J connectivity index is 1.63. The molecule has 1 aliphatic heterocycles. The van der Waals surface area contributed by atoms with Crippen molar-refractivity contribution >= 4 is 23.5 Å². The number of aromatic amines is 1. The summed E-state index contributed by atoms with van der Waals surface area (Å²) < 4.78 is 10.1. The van der Waals surface area contributed by atoms with Crippen molar-refractivity contribution in [1.29, 1.82) is 0 Å². The molecule has 9 nitrogen and oxygen atoms in total. The van der Waals surface area contributed by atoms with Crippen molar-refractivity contribution in [3.63, 3.8) is 0 Å². The summed E-state index contributed by atoms with van der Waals surface area (Å²) in [4.78, 5) is 41.7. The topological polar surface area (TPSA) is 114 Å². The first-order valence-electron chi connectivity index (χ1n) is 9.57. The monoisotopic (exact) mass is 400 g/mol. The molecule has 0 saturated carbocycles. The highest BCUT2D eigenvalue weighted by Crippen LogP contribution is 2.20. The SMILES string of the molecule is CCOC(=O)c1[nH]c(C)c(C(=O)COC(=O)c2ccc(N3CCCC3)nn2)c1C. The number of carbonyl (C=O) groups is 3. The fraction of sp³-hybridized carbons (Fsp3) is 0.450. The molecule has 9 heteroatoms. The minimum absolute atomic E-state index is 0.0375. The average Bonchev–Trinajstić information content (AvgIpc) is 3.34. The largest absolute Gasteiger partial charge is 0.461 e. The van der Waals surface area contributed by atoms with Gasteiger partial charge in [-0.3, -0.25) is 4.79 Å². The highest BCUT2D eigenvalue weighted by atomic mass is 16.5. The number of Topliss-reactive ketones (excluding diaryl/α,β-unsaturated/α-hetero) is 1. The number of hydrogen-bond donors (Lipinski definition) is 1. The first-order chi connectivity index (χ1) is 13.9. The van der Waals surface area contributed by atoms with Crippen LogP contribution in [-0.2, 0) is 9.47 Å². The number of aromatic nitrogens is 3. The molecule has 29 heavy (non-hydrogen) atoms. The lowest BCUT2D eigenvalue weighted by molar-refractivity contribution is 0.0466. The Kier molecular flexibility index (Phi) is 6.26. The van der Waals surface area contributed by atoms with Gasteiger partial charge in [0.05, 0.1) is 6.61 Å². The Labute approximate surface area is 168 Å². The number of rotatable bonds is 7. The summed E-state index contributed by atoms with van der Waals surface area (Å²) in [5, 5.41) is 7.98. The standard InChI is InChI=1S/C20H24N4O5/c1-4-28-20(27)18-12(2)17(13(3)21-18)15(25)11-29-19(26)14-7-8-16(23-22-14)24-9-5-6-10-24/h7-8,21H,4-6,9-11H2,1-3H3. The molecule has 1 N–H and O–H groups in total. The van der Waals surface area contributed by atoms with Crippen molar-refractivity contribution in [2.75, 3.05) is 31.2 Å². The number of aryl methyl sites for hydroxylation is 1. The molecule has 2 aromatic heterocycles. The van der Waals surface area contributed by atoms with Gasteiger partial charge in [0.2, 0.25) is 5.78 Å². The summed E-state index contributed by atoms with van der Waals surface area (Å²) in [5.74, 6) is -0.949. The van der Waals surface area contributed by atoms with Crippen LogP contribution in [0.3, 0.4) is 0 Å². The van der Waals surface area contributed by atoms with Gasteiger partial charge >= 0.3 is 11.9 Å². The Bertz CT molecular complexity index is 914. The molecule has 1 aliphatic rings. The Morgan fingerprint density at radius 1 is 1.07 bits per heavy atom. The van der Waals surface area contributed by atoms with E-state index in [4.69, 9.17) is 9.47 Å². The third-order valence-electron chi connectivity index (χ3n) is 4.82. The number of nitrogens with zero attached hydrogens (tertiary/aromatic N) is 3. The molecule has 0 aromatic carbocycles. The molecule has 1 fully saturated rings. The van der Waals surface area contributed by atoms with Gasteiger partial charge in [-0.25, -0.2) is 9.59 Å². The number of H-pyrrole nitrogens is 1. The van der Waals surface area contributed by atoms with Crippen LogP contribution < -0.4 is 4.90 Å². The van der Waals surface area contributed by atoms with Crippen LogP contribution in [-0.4, -0.2) is 59.2 Å². The van der Waals surface area contributed by atoms with Crippen molar-refractivity contribution in [2.24, 2.45) is 0 Å². The van der Waals surface area contributed by atoms with E-state index < -0.39 is 24.3 Å². The summed E-state index contributed by atoms with van der Waals surface area (Å²) in [6.07, 6.45) is 2.23. The lowest BCUT2D eigenvalue weighted by Gasteiger charge is -2.15. The van der Waals surface area contributed by atoms with Crippen molar-refractivity contribution in [3.05, 3.63) is 40.3 Å². The Hall–Kier alpha value is -3.23. The molecular weight excluding hydrogens is 376 g/mol. The molecule has 0 aliphatic carbocycles. The minimum Gasteiger partial charge on any atom is -0.461 e. The maximum Gasteiger partial charge on any atom is 0.359 e. The fourth-order valence-electron chi connectivity index (χ4n) is 3.40. The van der Waals surface area contributed by atoms with E-state index in [2.05, 4.69) is 20.1 Å². The predicted molar refractivity (Wildman–Crippen MR) is 104 cm³/mol. The summed E-state index contributed by atoms with van der Waals surface area (Å²) >= 11 is 0. The van der Waals surface area contributed by atoms with Gasteiger partial charge in [0.15, 0.2) is 18.1 Å². The van der Waals surface area contributed by atoms with E-state index >= 15 is 0 Å². The third kappa shape index (κ3) is 4.44. The van der Waals surface area contributed by atoms with Crippen molar-refractivity contribution in [1.82, 2.24) is 15.2 Å². The summed E-state index contributed by atoms with van der Waals surface area (Å²) in [6, 6.07) is 3.27. The van der Waals surface area contributed by atoms with E-state index in [1.807, 2.05) is 0 Å². The first-order valence-corrected chi connectivity index (χ1v) is 9.57. The van der Waals surface area contributed by atoms with Gasteiger partial charge in [-0.05, 0) is 51.3 Å². The zero-order valence-corrected chi connectivity index (χ0v) is 16.8. The quantitative estimate of drug-likeness (QED) is 0.556. The predicted octanol–water partition coefficient (Wildman–Crippen LogP) is 2.24. The van der Waals surface area contributed by atoms with Crippen LogP contribution in [0.1, 0.15) is 62.4 Å². The van der Waals surface area contributed by atoms with Gasteiger partial charge in [-0.2, -0.15) is 0 Å². The molecule has 2 aromatic rings. The second-order valence-corrected chi connectivity index (χ2v) is 6.82. The molecule has 0 spiro atoms. The van der Waals surface area contributed by atoms with E-state index in [9.17, 15) is 14.4 Å². The number of ether oxygens (including phenoxy) is 2. The molecule has 3 heterocycles. The minimum atomic E-state index is -0.727. The molecule has 3 rings (SSSR count). The van der Waals surface area contributed by atoms with Crippen LogP contribution in [0.15, 0.2) is 12.1 Å². The van der Waals surface area contributed by atoms with Crippen LogP contribution in [0.2, 0.25) is 0 Å². The summed E-state index contributed by atoms with van der Waals surface area (Å²) in [7, 11) is 0. The number of carbonyl (C=O) groups excluding carboxylic acids is 3. The molecule has 0 amide bonds. The van der Waals surface area contributed by atoms with Gasteiger partial charge in [-0.15, -0.1) is 10.2 Å². The zero-order valence-electron chi connectivity index (χ0n) is 16.8. The summed E-state index contributed by atoms with van der Waals surface area (Å²) in [5.41, 5.74) is 1.56. The Morgan fingerprint density at radius 3 is 2.41 bits per heavy atom.